The number of H-pyrrole nitrogens is 1. The van der Waals surface area contributed by atoms with Crippen LogP contribution in [0.2, 0.25) is 0 Å². The number of aromatic nitrogens is 2. The molecule has 1 aromatic carbocycles. The molecule has 0 aliphatic rings. The lowest BCUT2D eigenvalue weighted by atomic mass is 10.1. The summed E-state index contributed by atoms with van der Waals surface area (Å²) in [5.41, 5.74) is 4.19. The van der Waals surface area contributed by atoms with Crippen LogP contribution >= 0.6 is 0 Å². The Kier molecular flexibility index (Phi) is 4.62. The molecule has 5 nitrogen and oxygen atoms in total. The molecule has 0 atom stereocenters. The molecule has 2 N–H and O–H groups in total. The van der Waals surface area contributed by atoms with Gasteiger partial charge in [-0.3, -0.25) is 9.89 Å². The second-order valence-corrected chi connectivity index (χ2v) is 5.24. The Balaban J connectivity index is 1.83. The molecular weight excluding hydrogens is 266 g/mol. The van der Waals surface area contributed by atoms with Crippen molar-refractivity contribution >= 4 is 11.7 Å². The smallest absolute Gasteiger partial charge is 0.229 e. The van der Waals surface area contributed by atoms with Crippen LogP contribution in [0, 0.1) is 27.7 Å². The van der Waals surface area contributed by atoms with Crippen molar-refractivity contribution in [2.24, 2.45) is 0 Å². The summed E-state index contributed by atoms with van der Waals surface area (Å²) in [5, 5.41) is 9.67. The van der Waals surface area contributed by atoms with Crippen LogP contribution < -0.4 is 10.1 Å². The van der Waals surface area contributed by atoms with Crippen molar-refractivity contribution in [2.75, 3.05) is 11.9 Å². The normalized spacial score (nSPS) is 10.5. The molecule has 0 saturated heterocycles. The van der Waals surface area contributed by atoms with E-state index in [1.54, 1.807) is 0 Å². The zero-order chi connectivity index (χ0) is 15.4. The highest BCUT2D eigenvalue weighted by Gasteiger charge is 2.09. The third kappa shape index (κ3) is 3.84. The fraction of sp³-hybridized carbons (Fsp3) is 0.375. The zero-order valence-corrected chi connectivity index (χ0v) is 12.9. The first-order chi connectivity index (χ1) is 9.97. The number of anilines is 1. The van der Waals surface area contributed by atoms with Gasteiger partial charge in [0.2, 0.25) is 5.91 Å². The lowest BCUT2D eigenvalue weighted by Gasteiger charge is -2.09. The molecule has 1 aromatic heterocycles. The number of nitrogens with zero attached hydrogens (tertiary/aromatic N) is 1. The maximum atomic E-state index is 11.9. The van der Waals surface area contributed by atoms with Crippen molar-refractivity contribution in [1.29, 1.82) is 0 Å². The van der Waals surface area contributed by atoms with Crippen molar-refractivity contribution in [3.8, 4) is 5.75 Å². The summed E-state index contributed by atoms with van der Waals surface area (Å²) >= 11 is 0. The minimum absolute atomic E-state index is 0.102. The summed E-state index contributed by atoms with van der Waals surface area (Å²) in [6.45, 7) is 8.22. The highest BCUT2D eigenvalue weighted by molar-refractivity contribution is 5.90. The molecule has 0 bridgehead atoms. The van der Waals surface area contributed by atoms with Gasteiger partial charge in [0, 0.05) is 11.3 Å². The predicted octanol–water partition coefficient (Wildman–Crippen LogP) is 3.05. The van der Waals surface area contributed by atoms with Gasteiger partial charge in [0.1, 0.15) is 5.75 Å². The minimum atomic E-state index is -0.102. The first kappa shape index (κ1) is 15.1. The molecule has 2 aromatic rings. The summed E-state index contributed by atoms with van der Waals surface area (Å²) in [6, 6.07) is 5.99. The Morgan fingerprint density at radius 1 is 1.29 bits per heavy atom. The number of aryl methyl sites for hydroxylation is 3. The topological polar surface area (TPSA) is 67.0 Å². The van der Waals surface area contributed by atoms with Gasteiger partial charge in [0.05, 0.1) is 13.0 Å². The van der Waals surface area contributed by atoms with Gasteiger partial charge in [-0.1, -0.05) is 17.7 Å². The average molecular weight is 287 g/mol. The zero-order valence-electron chi connectivity index (χ0n) is 12.9. The van der Waals surface area contributed by atoms with E-state index in [2.05, 4.69) is 21.6 Å². The van der Waals surface area contributed by atoms with E-state index in [1.807, 2.05) is 39.8 Å². The third-order valence-corrected chi connectivity index (χ3v) is 3.43. The fourth-order valence-electron chi connectivity index (χ4n) is 2.02. The molecule has 112 valence electrons. The fourth-order valence-corrected chi connectivity index (χ4v) is 2.02. The largest absolute Gasteiger partial charge is 0.493 e. The highest BCUT2D eigenvalue weighted by Crippen LogP contribution is 2.19. The number of amides is 1. The number of aromatic amines is 1. The van der Waals surface area contributed by atoms with Crippen LogP contribution in [0.1, 0.15) is 28.8 Å². The van der Waals surface area contributed by atoms with Gasteiger partial charge in [-0.2, -0.15) is 5.10 Å². The molecule has 0 spiro atoms. The summed E-state index contributed by atoms with van der Waals surface area (Å²) in [5.74, 6) is 1.30. The van der Waals surface area contributed by atoms with E-state index in [9.17, 15) is 4.79 Å². The minimum Gasteiger partial charge on any atom is -0.493 e. The third-order valence-electron chi connectivity index (χ3n) is 3.43. The molecule has 0 radical (unpaired) electrons. The molecule has 0 aliphatic carbocycles. The molecule has 0 saturated carbocycles. The number of carbonyl (C=O) groups excluding carboxylic acids is 1. The highest BCUT2D eigenvalue weighted by atomic mass is 16.5. The first-order valence-corrected chi connectivity index (χ1v) is 6.99. The monoisotopic (exact) mass is 287 g/mol. The van der Waals surface area contributed by atoms with Crippen molar-refractivity contribution in [2.45, 2.75) is 34.1 Å². The van der Waals surface area contributed by atoms with Crippen LogP contribution in [-0.4, -0.2) is 22.7 Å². The molecule has 21 heavy (non-hydrogen) atoms. The molecule has 0 unspecified atom stereocenters. The summed E-state index contributed by atoms with van der Waals surface area (Å²) in [7, 11) is 0. The van der Waals surface area contributed by atoms with E-state index >= 15 is 0 Å². The molecule has 5 heteroatoms. The van der Waals surface area contributed by atoms with E-state index in [0.29, 0.717) is 18.8 Å². The lowest BCUT2D eigenvalue weighted by Crippen LogP contribution is -2.16. The van der Waals surface area contributed by atoms with Gasteiger partial charge in [-0.15, -0.1) is 0 Å². The van der Waals surface area contributed by atoms with Crippen molar-refractivity contribution in [3.63, 3.8) is 0 Å². The van der Waals surface area contributed by atoms with Gasteiger partial charge in [0.15, 0.2) is 5.82 Å². The maximum Gasteiger partial charge on any atom is 0.229 e. The van der Waals surface area contributed by atoms with Crippen molar-refractivity contribution < 1.29 is 9.53 Å². The number of ether oxygens (including phenoxy) is 1. The van der Waals surface area contributed by atoms with Gasteiger partial charge in [-0.25, -0.2) is 0 Å². The number of hydrogen-bond donors (Lipinski definition) is 2. The van der Waals surface area contributed by atoms with Crippen LogP contribution in [0.3, 0.4) is 0 Å². The Hall–Kier alpha value is -2.30. The second kappa shape index (κ2) is 6.43. The number of hydrogen-bond acceptors (Lipinski definition) is 3. The molecule has 1 amide bonds. The van der Waals surface area contributed by atoms with E-state index in [-0.39, 0.29) is 5.91 Å². The van der Waals surface area contributed by atoms with Gasteiger partial charge >= 0.3 is 0 Å². The number of rotatable bonds is 5. The Morgan fingerprint density at radius 2 is 2.05 bits per heavy atom. The van der Waals surface area contributed by atoms with Crippen LogP contribution in [-0.2, 0) is 4.79 Å². The summed E-state index contributed by atoms with van der Waals surface area (Å²) in [6.07, 6.45) is 0.290. The van der Waals surface area contributed by atoms with Crippen molar-refractivity contribution in [1.82, 2.24) is 10.2 Å². The molecular formula is C16H21N3O2. The average Bonchev–Trinajstić information content (AvgIpc) is 2.73. The number of nitrogens with one attached hydrogen (secondary N) is 2. The maximum absolute atomic E-state index is 11.9. The Bertz CT molecular complexity index is 647. The van der Waals surface area contributed by atoms with Crippen LogP contribution in [0.5, 0.6) is 5.75 Å². The van der Waals surface area contributed by atoms with Gasteiger partial charge in [-0.05, 0) is 39.3 Å². The Morgan fingerprint density at radius 3 is 2.67 bits per heavy atom. The predicted molar refractivity (Wildman–Crippen MR) is 82.7 cm³/mol. The van der Waals surface area contributed by atoms with E-state index in [4.69, 9.17) is 4.74 Å². The van der Waals surface area contributed by atoms with E-state index in [1.165, 1.54) is 5.56 Å². The van der Waals surface area contributed by atoms with Gasteiger partial charge < -0.3 is 10.1 Å². The second-order valence-electron chi connectivity index (χ2n) is 5.24. The SMILES string of the molecule is Cc1ccc(OCCC(=O)Nc2n[nH]c(C)c2C)c(C)c1. The van der Waals surface area contributed by atoms with Crippen LogP contribution in [0.15, 0.2) is 18.2 Å². The summed E-state index contributed by atoms with van der Waals surface area (Å²) in [4.78, 5) is 11.9. The quantitative estimate of drug-likeness (QED) is 0.888. The van der Waals surface area contributed by atoms with E-state index < -0.39 is 0 Å². The molecule has 0 fully saturated rings. The number of benzene rings is 1. The summed E-state index contributed by atoms with van der Waals surface area (Å²) < 4.78 is 5.65. The van der Waals surface area contributed by atoms with E-state index in [0.717, 1.165) is 22.6 Å². The standard InChI is InChI=1S/C16H21N3O2/c1-10-5-6-14(11(2)9-10)21-8-7-15(20)17-16-12(3)13(4)18-19-16/h5-6,9H,7-8H2,1-4H3,(H2,17,18,19,20). The van der Waals surface area contributed by atoms with Crippen molar-refractivity contribution in [3.05, 3.63) is 40.6 Å². The number of carbonyl (C=O) groups is 1. The first-order valence-electron chi connectivity index (χ1n) is 6.99. The molecule has 1 heterocycles. The van der Waals surface area contributed by atoms with Crippen LogP contribution in [0.25, 0.3) is 0 Å². The van der Waals surface area contributed by atoms with Gasteiger partial charge in [0.25, 0.3) is 0 Å². The Labute approximate surface area is 124 Å². The molecule has 0 aliphatic heterocycles. The van der Waals surface area contributed by atoms with Crippen LogP contribution in [0.4, 0.5) is 5.82 Å². The molecule has 2 rings (SSSR count). The lowest BCUT2D eigenvalue weighted by molar-refractivity contribution is -0.116.